The van der Waals surface area contributed by atoms with E-state index in [-0.39, 0.29) is 16.4 Å². The van der Waals surface area contributed by atoms with Gasteiger partial charge >= 0.3 is 0 Å². The van der Waals surface area contributed by atoms with Crippen LogP contribution in [-0.2, 0) is 9.59 Å². The van der Waals surface area contributed by atoms with Crippen molar-refractivity contribution < 1.29 is 22.8 Å². The molecule has 0 heterocycles. The molecule has 0 atom stereocenters. The second-order valence-electron chi connectivity index (χ2n) is 4.53. The van der Waals surface area contributed by atoms with Gasteiger partial charge < -0.3 is 10.6 Å². The van der Waals surface area contributed by atoms with E-state index in [0.29, 0.717) is 0 Å². The molecule has 0 aliphatic heterocycles. The van der Waals surface area contributed by atoms with Gasteiger partial charge in [-0.1, -0.05) is 11.6 Å². The molecule has 0 aromatic heterocycles. The molecule has 0 bridgehead atoms. The van der Waals surface area contributed by atoms with Crippen molar-refractivity contribution in [2.24, 2.45) is 0 Å². The largest absolute Gasteiger partial charge is 0.326 e. The summed E-state index contributed by atoms with van der Waals surface area (Å²) in [5.41, 5.74) is 0.244. The van der Waals surface area contributed by atoms with E-state index in [9.17, 15) is 22.8 Å². The first-order valence-corrected chi connectivity index (χ1v) is 6.73. The number of hydrogen-bond acceptors (Lipinski definition) is 2. The van der Waals surface area contributed by atoms with Crippen LogP contribution < -0.4 is 10.6 Å². The topological polar surface area (TPSA) is 58.2 Å². The monoisotopic (exact) mass is 342 g/mol. The second kappa shape index (κ2) is 7.15. The van der Waals surface area contributed by atoms with Gasteiger partial charge in [0.15, 0.2) is 11.6 Å². The van der Waals surface area contributed by atoms with Crippen molar-refractivity contribution in [3.05, 3.63) is 58.9 Å². The summed E-state index contributed by atoms with van der Waals surface area (Å²) in [7, 11) is 0. The lowest BCUT2D eigenvalue weighted by molar-refractivity contribution is -0.123. The van der Waals surface area contributed by atoms with Gasteiger partial charge in [-0.3, -0.25) is 9.59 Å². The lowest BCUT2D eigenvalue weighted by atomic mass is 10.2. The van der Waals surface area contributed by atoms with Crippen LogP contribution in [0.3, 0.4) is 0 Å². The third-order valence-corrected chi connectivity index (χ3v) is 3.02. The molecule has 0 spiro atoms. The summed E-state index contributed by atoms with van der Waals surface area (Å²) in [6.45, 7) is 0. The standard InChI is InChI=1S/C15H10ClF3N2O2/c16-10-5-8(1-3-11(10)17)20-14(22)7-15(23)21-9-2-4-12(18)13(19)6-9/h1-6H,7H2,(H,20,22)(H,21,23). The molecular weight excluding hydrogens is 333 g/mol. The minimum Gasteiger partial charge on any atom is -0.326 e. The fourth-order valence-corrected chi connectivity index (χ4v) is 1.88. The second-order valence-corrected chi connectivity index (χ2v) is 4.94. The number of halogens is 4. The summed E-state index contributed by atoms with van der Waals surface area (Å²) in [6.07, 6.45) is -0.562. The van der Waals surface area contributed by atoms with Crippen LogP contribution >= 0.6 is 11.6 Å². The Balaban J connectivity index is 1.92. The van der Waals surface area contributed by atoms with Gasteiger partial charge in [-0.2, -0.15) is 0 Å². The molecule has 2 amide bonds. The predicted molar refractivity (Wildman–Crippen MR) is 79.6 cm³/mol. The highest BCUT2D eigenvalue weighted by Gasteiger charge is 2.12. The van der Waals surface area contributed by atoms with Crippen molar-refractivity contribution in [1.29, 1.82) is 0 Å². The average molecular weight is 343 g/mol. The smallest absolute Gasteiger partial charge is 0.233 e. The Kier molecular flexibility index (Phi) is 5.23. The molecule has 2 aromatic rings. The van der Waals surface area contributed by atoms with E-state index in [1.54, 1.807) is 0 Å². The Morgan fingerprint density at radius 3 is 1.87 bits per heavy atom. The zero-order valence-electron chi connectivity index (χ0n) is 11.5. The van der Waals surface area contributed by atoms with Crippen LogP contribution in [0.25, 0.3) is 0 Å². The molecule has 120 valence electrons. The van der Waals surface area contributed by atoms with Gasteiger partial charge in [0.1, 0.15) is 12.2 Å². The number of rotatable bonds is 4. The normalized spacial score (nSPS) is 10.3. The van der Waals surface area contributed by atoms with Gasteiger partial charge in [0.05, 0.1) is 5.02 Å². The lowest BCUT2D eigenvalue weighted by Gasteiger charge is -2.07. The van der Waals surface area contributed by atoms with E-state index < -0.39 is 35.7 Å². The number of carbonyl (C=O) groups excluding carboxylic acids is 2. The van der Waals surface area contributed by atoms with Gasteiger partial charge in [0.2, 0.25) is 11.8 Å². The zero-order valence-corrected chi connectivity index (χ0v) is 12.3. The van der Waals surface area contributed by atoms with Crippen molar-refractivity contribution in [3.8, 4) is 0 Å². The van der Waals surface area contributed by atoms with Crippen LogP contribution in [0, 0.1) is 17.5 Å². The first kappa shape index (κ1) is 16.8. The van der Waals surface area contributed by atoms with Crippen LogP contribution in [0.2, 0.25) is 5.02 Å². The maximum Gasteiger partial charge on any atom is 0.233 e. The van der Waals surface area contributed by atoms with Gasteiger partial charge in [0.25, 0.3) is 0 Å². The predicted octanol–water partition coefficient (Wildman–Crippen LogP) is 3.72. The van der Waals surface area contributed by atoms with E-state index in [1.165, 1.54) is 12.1 Å². The highest BCUT2D eigenvalue weighted by molar-refractivity contribution is 6.31. The van der Waals surface area contributed by atoms with Crippen molar-refractivity contribution in [2.75, 3.05) is 10.6 Å². The SMILES string of the molecule is O=C(CC(=O)Nc1ccc(F)c(Cl)c1)Nc1ccc(F)c(F)c1. The average Bonchev–Trinajstić information content (AvgIpc) is 2.46. The van der Waals surface area contributed by atoms with E-state index in [1.807, 2.05) is 0 Å². The zero-order chi connectivity index (χ0) is 17.0. The molecule has 0 aliphatic carbocycles. The summed E-state index contributed by atoms with van der Waals surface area (Å²) in [5, 5.41) is 4.44. The van der Waals surface area contributed by atoms with E-state index in [2.05, 4.69) is 10.6 Å². The minimum atomic E-state index is -1.12. The maximum absolute atomic E-state index is 13.0. The Bertz CT molecular complexity index is 705. The van der Waals surface area contributed by atoms with Gasteiger partial charge in [0, 0.05) is 17.4 Å². The Morgan fingerprint density at radius 2 is 1.35 bits per heavy atom. The molecular formula is C15H10ClF3N2O2. The Labute approximate surface area is 134 Å². The number of nitrogens with one attached hydrogen (secondary N) is 2. The molecule has 0 saturated heterocycles. The summed E-state index contributed by atoms with van der Waals surface area (Å²) in [6, 6.07) is 6.36. The van der Waals surface area contributed by atoms with Crippen LogP contribution in [0.1, 0.15) is 6.42 Å². The first-order chi connectivity index (χ1) is 10.8. The summed E-state index contributed by atoms with van der Waals surface area (Å²) in [5.74, 6) is -4.20. The van der Waals surface area contributed by atoms with Crippen LogP contribution in [-0.4, -0.2) is 11.8 Å². The van der Waals surface area contributed by atoms with E-state index >= 15 is 0 Å². The minimum absolute atomic E-state index is 0.0199. The number of anilines is 2. The quantitative estimate of drug-likeness (QED) is 0.832. The van der Waals surface area contributed by atoms with Gasteiger partial charge in [-0.25, -0.2) is 13.2 Å². The fourth-order valence-electron chi connectivity index (χ4n) is 1.70. The summed E-state index contributed by atoms with van der Waals surface area (Å²) >= 11 is 5.57. The molecule has 4 nitrogen and oxygen atoms in total. The third kappa shape index (κ3) is 4.72. The van der Waals surface area contributed by atoms with E-state index in [0.717, 1.165) is 24.3 Å². The number of amides is 2. The molecule has 0 aliphatic rings. The van der Waals surface area contributed by atoms with E-state index in [4.69, 9.17) is 11.6 Å². The Morgan fingerprint density at radius 1 is 0.826 bits per heavy atom. The highest BCUT2D eigenvalue weighted by atomic mass is 35.5. The van der Waals surface area contributed by atoms with Crippen molar-refractivity contribution in [2.45, 2.75) is 6.42 Å². The molecule has 2 aromatic carbocycles. The molecule has 0 radical (unpaired) electrons. The third-order valence-electron chi connectivity index (χ3n) is 2.73. The lowest BCUT2D eigenvalue weighted by Crippen LogP contribution is -2.21. The van der Waals surface area contributed by atoms with Gasteiger partial charge in [-0.05, 0) is 30.3 Å². The van der Waals surface area contributed by atoms with Crippen molar-refractivity contribution in [1.82, 2.24) is 0 Å². The molecule has 0 fully saturated rings. The maximum atomic E-state index is 13.0. The molecule has 2 rings (SSSR count). The number of carbonyl (C=O) groups is 2. The molecule has 2 N–H and O–H groups in total. The van der Waals surface area contributed by atoms with Crippen LogP contribution in [0.4, 0.5) is 24.5 Å². The first-order valence-electron chi connectivity index (χ1n) is 6.35. The van der Waals surface area contributed by atoms with Crippen LogP contribution in [0.15, 0.2) is 36.4 Å². The molecule has 8 heteroatoms. The number of hydrogen-bond donors (Lipinski definition) is 2. The molecule has 23 heavy (non-hydrogen) atoms. The molecule has 0 unspecified atom stereocenters. The summed E-state index contributed by atoms with van der Waals surface area (Å²) < 4.78 is 38.7. The highest BCUT2D eigenvalue weighted by Crippen LogP contribution is 2.19. The van der Waals surface area contributed by atoms with Crippen LogP contribution in [0.5, 0.6) is 0 Å². The number of benzene rings is 2. The molecule has 0 saturated carbocycles. The fraction of sp³-hybridized carbons (Fsp3) is 0.0667. The van der Waals surface area contributed by atoms with Crippen molar-refractivity contribution >= 4 is 34.8 Å². The van der Waals surface area contributed by atoms with Gasteiger partial charge in [-0.15, -0.1) is 0 Å². The summed E-state index contributed by atoms with van der Waals surface area (Å²) in [4.78, 5) is 23.3. The van der Waals surface area contributed by atoms with Crippen molar-refractivity contribution in [3.63, 3.8) is 0 Å². The Hall–Kier alpha value is -2.54.